The standard InChI is InChI=1S/C13H11ClFNO2.C13H12FNO3.CH2Cl2.CH3ClO2S/c1-17-11-7-9(8-14)5-6-10(11)18-13-4-2-3-12(15)16-13;1-17-11-7-9(8-16)5-6-10(11)18-13-4-2-3-12(14)15-13;2-1-3;1-5(2,3)4/h2-7H,8H2,1H3;2-7,16H,8H2,1H3;1H2;1H3. The Kier molecular flexibility index (Phi) is 18.3. The van der Waals surface area contributed by atoms with Crippen LogP contribution in [0, 0.1) is 11.9 Å². The first-order valence-electron chi connectivity index (χ1n) is 12.0. The number of aromatic nitrogens is 2. The van der Waals surface area contributed by atoms with Gasteiger partial charge in [-0.25, -0.2) is 8.42 Å². The van der Waals surface area contributed by atoms with Crippen molar-refractivity contribution >= 4 is 54.5 Å². The molecule has 16 heteroatoms. The van der Waals surface area contributed by atoms with Crippen LogP contribution in [-0.2, 0) is 21.5 Å². The first-order valence-corrected chi connectivity index (χ1v) is 16.3. The molecule has 0 aliphatic heterocycles. The van der Waals surface area contributed by atoms with Crippen LogP contribution in [-0.4, -0.2) is 49.3 Å². The highest BCUT2D eigenvalue weighted by Gasteiger charge is 2.09. The highest BCUT2D eigenvalue weighted by Crippen LogP contribution is 2.33. The minimum atomic E-state index is -3.19. The zero-order chi connectivity index (χ0) is 33.1. The van der Waals surface area contributed by atoms with Crippen LogP contribution in [0.5, 0.6) is 34.8 Å². The van der Waals surface area contributed by atoms with Crippen molar-refractivity contribution in [1.29, 1.82) is 0 Å². The van der Waals surface area contributed by atoms with Crippen molar-refractivity contribution in [2.75, 3.05) is 25.8 Å². The summed E-state index contributed by atoms with van der Waals surface area (Å²) in [6, 6.07) is 18.9. The molecule has 2 heterocycles. The van der Waals surface area contributed by atoms with Crippen molar-refractivity contribution in [2.24, 2.45) is 0 Å². The molecule has 0 spiro atoms. The molecule has 0 saturated heterocycles. The number of hydrogen-bond donors (Lipinski definition) is 1. The van der Waals surface area contributed by atoms with Gasteiger partial charge in [-0.15, -0.1) is 34.8 Å². The van der Waals surface area contributed by atoms with E-state index in [4.69, 9.17) is 58.9 Å². The molecule has 2 aromatic carbocycles. The second-order valence-corrected chi connectivity index (χ2v) is 12.0. The third-order valence-corrected chi connectivity index (χ3v) is 4.91. The highest BCUT2D eigenvalue weighted by molar-refractivity contribution is 8.13. The smallest absolute Gasteiger partial charge is 0.229 e. The van der Waals surface area contributed by atoms with Crippen LogP contribution in [0.15, 0.2) is 72.8 Å². The molecule has 9 nitrogen and oxygen atoms in total. The molecule has 0 atom stereocenters. The number of nitrogens with zero attached hydrogens (tertiary/aromatic N) is 2. The summed E-state index contributed by atoms with van der Waals surface area (Å²) in [6.07, 6.45) is 0.925. The number of aliphatic hydroxyl groups is 1. The van der Waals surface area contributed by atoms with Gasteiger partial charge in [0.25, 0.3) is 0 Å². The fraction of sp³-hybridized carbons (Fsp3) is 0.214. The molecule has 4 aromatic rings. The average Bonchev–Trinajstić information content (AvgIpc) is 2.97. The van der Waals surface area contributed by atoms with Gasteiger partial charge < -0.3 is 24.1 Å². The van der Waals surface area contributed by atoms with Gasteiger partial charge in [0.1, 0.15) is 0 Å². The maximum Gasteiger partial charge on any atom is 0.229 e. The van der Waals surface area contributed by atoms with E-state index in [1.165, 1.54) is 38.5 Å². The Morgan fingerprint density at radius 1 is 0.727 bits per heavy atom. The van der Waals surface area contributed by atoms with Crippen molar-refractivity contribution in [3.05, 3.63) is 95.8 Å². The molecule has 0 bridgehead atoms. The number of pyridine rings is 2. The molecule has 0 saturated carbocycles. The lowest BCUT2D eigenvalue weighted by molar-refractivity contribution is 0.280. The molecular weight excluding hydrogens is 688 g/mol. The Morgan fingerprint density at radius 3 is 1.45 bits per heavy atom. The number of methoxy groups -OCH3 is 2. The molecule has 0 amide bonds. The zero-order valence-corrected chi connectivity index (χ0v) is 27.4. The predicted molar refractivity (Wildman–Crippen MR) is 167 cm³/mol. The number of ether oxygens (including phenoxy) is 4. The van der Waals surface area contributed by atoms with Gasteiger partial charge in [0, 0.05) is 28.7 Å². The first-order chi connectivity index (χ1) is 20.9. The minimum Gasteiger partial charge on any atom is -0.493 e. The van der Waals surface area contributed by atoms with Crippen molar-refractivity contribution in [3.63, 3.8) is 0 Å². The average molecular weight is 716 g/mol. The van der Waals surface area contributed by atoms with Gasteiger partial charge in [0.15, 0.2) is 23.0 Å². The normalized spacial score (nSPS) is 10.0. The van der Waals surface area contributed by atoms with Gasteiger partial charge in [0.05, 0.1) is 32.4 Å². The second kappa shape index (κ2) is 20.8. The molecule has 1 N–H and O–H groups in total. The van der Waals surface area contributed by atoms with Gasteiger partial charge in [-0.3, -0.25) is 0 Å². The monoisotopic (exact) mass is 714 g/mol. The topological polar surface area (TPSA) is 117 Å². The van der Waals surface area contributed by atoms with Crippen molar-refractivity contribution < 1.29 is 41.3 Å². The Labute approximate surface area is 273 Å². The molecule has 0 radical (unpaired) electrons. The number of benzene rings is 2. The maximum absolute atomic E-state index is 12.9. The van der Waals surface area contributed by atoms with Crippen molar-refractivity contribution in [2.45, 2.75) is 12.5 Å². The van der Waals surface area contributed by atoms with E-state index in [0.29, 0.717) is 34.4 Å². The minimum absolute atomic E-state index is 0.0884. The molecule has 0 unspecified atom stereocenters. The zero-order valence-electron chi connectivity index (χ0n) is 23.5. The third-order valence-electron chi connectivity index (χ3n) is 4.60. The van der Waals surface area contributed by atoms with Crippen LogP contribution in [0.2, 0.25) is 0 Å². The van der Waals surface area contributed by atoms with E-state index in [0.717, 1.165) is 11.8 Å². The van der Waals surface area contributed by atoms with Gasteiger partial charge in [-0.1, -0.05) is 24.3 Å². The molecule has 0 aliphatic rings. The van der Waals surface area contributed by atoms with Crippen molar-refractivity contribution in [3.8, 4) is 34.8 Å². The summed E-state index contributed by atoms with van der Waals surface area (Å²) in [5, 5.41) is 9.21. The summed E-state index contributed by atoms with van der Waals surface area (Å²) in [5.41, 5.74) is 1.61. The van der Waals surface area contributed by atoms with E-state index < -0.39 is 20.9 Å². The fourth-order valence-electron chi connectivity index (χ4n) is 2.89. The number of alkyl halides is 3. The summed E-state index contributed by atoms with van der Waals surface area (Å²) in [6.45, 7) is -0.0884. The largest absolute Gasteiger partial charge is 0.493 e. The van der Waals surface area contributed by atoms with Crippen LogP contribution >= 0.6 is 45.5 Å². The maximum atomic E-state index is 12.9. The quantitative estimate of drug-likeness (QED) is 0.110. The number of halogens is 6. The summed E-state index contributed by atoms with van der Waals surface area (Å²) in [7, 11) is 4.32. The Bertz CT molecular complexity index is 1450. The fourth-order valence-corrected chi connectivity index (χ4v) is 3.06. The van der Waals surface area contributed by atoms with E-state index in [1.807, 2.05) is 6.07 Å². The lowest BCUT2D eigenvalue weighted by atomic mass is 10.2. The molecule has 0 aliphatic carbocycles. The lowest BCUT2D eigenvalue weighted by Gasteiger charge is -2.10. The summed E-state index contributed by atoms with van der Waals surface area (Å²) < 4.78 is 65.8. The number of rotatable bonds is 8. The van der Waals surface area contributed by atoms with Gasteiger partial charge in [-0.05, 0) is 47.5 Å². The van der Waals surface area contributed by atoms with Crippen LogP contribution in [0.4, 0.5) is 8.78 Å². The first kappa shape index (κ1) is 38.9. The van der Waals surface area contributed by atoms with Crippen molar-refractivity contribution in [1.82, 2.24) is 9.97 Å². The van der Waals surface area contributed by atoms with E-state index in [-0.39, 0.29) is 23.7 Å². The van der Waals surface area contributed by atoms with E-state index in [9.17, 15) is 17.2 Å². The summed E-state index contributed by atoms with van der Waals surface area (Å²) >= 11 is 15.3. The Balaban J connectivity index is 0.000000355. The predicted octanol–water partition coefficient (Wildman–Crippen LogP) is 7.88. The van der Waals surface area contributed by atoms with Crippen LogP contribution in [0.3, 0.4) is 0 Å². The molecule has 2 aromatic heterocycles. The van der Waals surface area contributed by atoms with Gasteiger partial charge in [0.2, 0.25) is 32.7 Å². The lowest BCUT2D eigenvalue weighted by Crippen LogP contribution is -1.94. The molecule has 44 heavy (non-hydrogen) atoms. The second-order valence-electron chi connectivity index (χ2n) is 7.85. The van der Waals surface area contributed by atoms with Gasteiger partial charge in [-0.2, -0.15) is 18.7 Å². The van der Waals surface area contributed by atoms with Crippen LogP contribution in [0.25, 0.3) is 0 Å². The summed E-state index contributed by atoms with van der Waals surface area (Å²) in [4.78, 5) is 7.21. The molecule has 0 fully saturated rings. The number of hydrogen-bond acceptors (Lipinski definition) is 9. The van der Waals surface area contributed by atoms with Gasteiger partial charge >= 0.3 is 0 Å². The summed E-state index contributed by atoms with van der Waals surface area (Å²) in [5.74, 6) is 1.35. The Hall–Kier alpha value is -3.13. The molecule has 4 rings (SSSR count). The van der Waals surface area contributed by atoms with Crippen LogP contribution < -0.4 is 18.9 Å². The molecule has 240 valence electrons. The number of aliphatic hydroxyl groups excluding tert-OH is 1. The third kappa shape index (κ3) is 16.1. The SMILES string of the molecule is COc1cc(CCl)ccc1Oc1cccc(F)n1.COc1cc(CO)ccc1Oc1cccc(F)n1.CS(=O)(=O)Cl.ClCCl. The van der Waals surface area contributed by atoms with E-state index in [2.05, 4.69) is 20.7 Å². The van der Waals surface area contributed by atoms with E-state index >= 15 is 0 Å². The molecular formula is C28H28Cl4F2N2O7S. The Morgan fingerprint density at radius 2 is 1.11 bits per heavy atom. The highest BCUT2D eigenvalue weighted by atomic mass is 35.7. The van der Waals surface area contributed by atoms with E-state index in [1.54, 1.807) is 42.5 Å². The van der Waals surface area contributed by atoms with Crippen LogP contribution in [0.1, 0.15) is 11.1 Å².